The van der Waals surface area contributed by atoms with Crippen LogP contribution in [0.2, 0.25) is 0 Å². The van der Waals surface area contributed by atoms with Crippen LogP contribution in [0, 0.1) is 0 Å². The van der Waals surface area contributed by atoms with E-state index in [0.717, 1.165) is 0 Å². The molecule has 0 atom stereocenters. The number of carbonyl (C=O) groups excluding carboxylic acids is 2. The molecule has 51 heavy (non-hydrogen) atoms. The molecular formula is C40H60Cl2N4O4S. The molecule has 0 unspecified atom stereocenters. The van der Waals surface area contributed by atoms with Gasteiger partial charge in [-0.25, -0.2) is 8.42 Å². The van der Waals surface area contributed by atoms with E-state index in [0.29, 0.717) is 48.6 Å². The Balaban J connectivity index is 0.00000292. The van der Waals surface area contributed by atoms with E-state index < -0.39 is 9.84 Å². The average Bonchev–Trinajstić information content (AvgIpc) is 3.15. The van der Waals surface area contributed by atoms with Gasteiger partial charge in [-0.3, -0.25) is 19.4 Å². The van der Waals surface area contributed by atoms with Crippen molar-refractivity contribution >= 4 is 57.8 Å². The van der Waals surface area contributed by atoms with Crippen LogP contribution in [-0.4, -0.2) is 67.3 Å². The molecule has 0 heterocycles. The molecule has 0 aliphatic heterocycles. The summed E-state index contributed by atoms with van der Waals surface area (Å²) in [5, 5.41) is 6.06. The van der Waals surface area contributed by atoms with Gasteiger partial charge < -0.3 is 10.6 Å². The van der Waals surface area contributed by atoms with E-state index in [-0.39, 0.29) is 46.4 Å². The highest BCUT2D eigenvalue weighted by Crippen LogP contribution is 2.32. The summed E-state index contributed by atoms with van der Waals surface area (Å²) in [7, 11) is -3.77. The summed E-state index contributed by atoms with van der Waals surface area (Å²) >= 11 is 0. The molecule has 284 valence electrons. The second-order valence-electron chi connectivity index (χ2n) is 15.2. The van der Waals surface area contributed by atoms with E-state index in [1.165, 1.54) is 128 Å². The van der Waals surface area contributed by atoms with Gasteiger partial charge >= 0.3 is 0 Å². The molecule has 8 nitrogen and oxygen atoms in total. The van der Waals surface area contributed by atoms with Crippen molar-refractivity contribution in [3.8, 4) is 0 Å². The number of amides is 2. The number of hydrogen-bond acceptors (Lipinski definition) is 6. The highest BCUT2D eigenvalue weighted by molar-refractivity contribution is 7.91. The molecule has 11 heteroatoms. The molecule has 2 aromatic rings. The number of nitrogens with one attached hydrogen (secondary N) is 2. The predicted octanol–water partition coefficient (Wildman–Crippen LogP) is 9.17. The van der Waals surface area contributed by atoms with Gasteiger partial charge in [-0.1, -0.05) is 77.0 Å². The van der Waals surface area contributed by atoms with Crippen LogP contribution in [0.4, 0.5) is 11.4 Å². The van der Waals surface area contributed by atoms with Crippen LogP contribution in [0.5, 0.6) is 0 Å². The fraction of sp³-hybridized carbons (Fsp3) is 0.650. The molecule has 2 N–H and O–H groups in total. The second kappa shape index (κ2) is 20.3. The minimum Gasteiger partial charge on any atom is -0.325 e. The molecule has 6 rings (SSSR count). The van der Waals surface area contributed by atoms with E-state index in [1.807, 2.05) is 0 Å². The van der Waals surface area contributed by atoms with Crippen molar-refractivity contribution in [2.24, 2.45) is 0 Å². The molecule has 4 saturated carbocycles. The Bertz CT molecular complexity index is 1330. The van der Waals surface area contributed by atoms with Crippen molar-refractivity contribution in [2.45, 2.75) is 162 Å². The van der Waals surface area contributed by atoms with Crippen molar-refractivity contribution in [3.63, 3.8) is 0 Å². The topological polar surface area (TPSA) is 98.8 Å². The number of halogens is 2. The summed E-state index contributed by atoms with van der Waals surface area (Å²) in [5.41, 5.74) is 1.20. The van der Waals surface area contributed by atoms with Crippen LogP contribution in [0.25, 0.3) is 0 Å². The Morgan fingerprint density at radius 1 is 0.471 bits per heavy atom. The van der Waals surface area contributed by atoms with Gasteiger partial charge in [-0.05, 0) is 99.9 Å². The highest BCUT2D eigenvalue weighted by Gasteiger charge is 2.32. The first kappa shape index (κ1) is 41.6. The maximum atomic E-state index is 13.5. The Morgan fingerprint density at radius 3 is 0.980 bits per heavy atom. The van der Waals surface area contributed by atoms with Crippen molar-refractivity contribution in [1.29, 1.82) is 0 Å². The Morgan fingerprint density at radius 2 is 0.725 bits per heavy atom. The normalized spacial score (nSPS) is 20.0. The molecule has 4 aliphatic rings. The smallest absolute Gasteiger partial charge is 0.238 e. The summed E-state index contributed by atoms with van der Waals surface area (Å²) in [6.07, 6.45) is 24.4. The Hall–Kier alpha value is -2.17. The van der Waals surface area contributed by atoms with Crippen LogP contribution in [-0.2, 0) is 19.4 Å². The van der Waals surface area contributed by atoms with Crippen molar-refractivity contribution in [2.75, 3.05) is 23.7 Å². The second-order valence-corrected chi connectivity index (χ2v) is 17.1. The molecule has 0 saturated heterocycles. The molecule has 0 spiro atoms. The quantitative estimate of drug-likeness (QED) is 0.224. The summed E-state index contributed by atoms with van der Waals surface area (Å²) in [6.45, 7) is 0.773. The van der Waals surface area contributed by atoms with E-state index in [1.54, 1.807) is 48.5 Å². The molecule has 4 aliphatic carbocycles. The maximum absolute atomic E-state index is 13.5. The summed E-state index contributed by atoms with van der Waals surface area (Å²) < 4.78 is 27.0. The van der Waals surface area contributed by atoms with Gasteiger partial charge in [0, 0.05) is 35.5 Å². The van der Waals surface area contributed by atoms with Gasteiger partial charge in [-0.15, -0.1) is 24.8 Å². The fourth-order valence-corrected chi connectivity index (χ4v) is 10.3. The number of hydrogen-bond donors (Lipinski definition) is 2. The summed E-state index contributed by atoms with van der Waals surface area (Å²) in [5.74, 6) is -0.0741. The van der Waals surface area contributed by atoms with Crippen molar-refractivity contribution in [1.82, 2.24) is 9.80 Å². The van der Waals surface area contributed by atoms with Crippen molar-refractivity contribution in [3.05, 3.63) is 48.5 Å². The molecule has 2 aromatic carbocycles. The average molecular weight is 764 g/mol. The molecule has 4 fully saturated rings. The number of benzene rings is 2. The van der Waals surface area contributed by atoms with Crippen LogP contribution in [0.15, 0.2) is 58.3 Å². The van der Waals surface area contributed by atoms with E-state index in [9.17, 15) is 18.0 Å². The van der Waals surface area contributed by atoms with Gasteiger partial charge in [0.2, 0.25) is 21.7 Å². The number of rotatable bonds is 12. The molecular weight excluding hydrogens is 703 g/mol. The SMILES string of the molecule is Cl.Cl.O=C(CN(C1CCCCC1)C1CCCCC1)Nc1ccc(S(=O)(=O)c2ccc(NC(=O)CN(C3CCCCC3)C3CCCCC3)cc2)cc1. The molecule has 0 radical (unpaired) electrons. The third-order valence-electron chi connectivity index (χ3n) is 11.7. The Labute approximate surface area is 319 Å². The lowest BCUT2D eigenvalue weighted by Crippen LogP contribution is -2.48. The van der Waals surface area contributed by atoms with Gasteiger partial charge in [0.05, 0.1) is 22.9 Å². The molecule has 2 amide bonds. The van der Waals surface area contributed by atoms with Gasteiger partial charge in [0.15, 0.2) is 0 Å². The van der Waals surface area contributed by atoms with Crippen LogP contribution in [0.1, 0.15) is 128 Å². The van der Waals surface area contributed by atoms with Crippen LogP contribution >= 0.6 is 24.8 Å². The Kier molecular flexibility index (Phi) is 16.6. The zero-order valence-corrected chi connectivity index (χ0v) is 32.7. The lowest BCUT2D eigenvalue weighted by molar-refractivity contribution is -0.119. The summed E-state index contributed by atoms with van der Waals surface area (Å²) in [4.78, 5) is 31.8. The first-order valence-electron chi connectivity index (χ1n) is 19.4. The lowest BCUT2D eigenvalue weighted by atomic mass is 9.88. The first-order valence-corrected chi connectivity index (χ1v) is 20.9. The maximum Gasteiger partial charge on any atom is 0.238 e. The van der Waals surface area contributed by atoms with Crippen LogP contribution < -0.4 is 10.6 Å². The third kappa shape index (κ3) is 11.4. The number of nitrogens with zero attached hydrogens (tertiary/aromatic N) is 2. The fourth-order valence-electron chi connectivity index (χ4n) is 9.07. The zero-order chi connectivity index (χ0) is 34.1. The van der Waals surface area contributed by atoms with Gasteiger partial charge in [0.1, 0.15) is 0 Å². The summed E-state index contributed by atoms with van der Waals surface area (Å²) in [6, 6.07) is 14.9. The van der Waals surface area contributed by atoms with E-state index in [2.05, 4.69) is 20.4 Å². The number of carbonyl (C=O) groups is 2. The lowest BCUT2D eigenvalue weighted by Gasteiger charge is -2.41. The minimum absolute atomic E-state index is 0. The minimum atomic E-state index is -3.77. The highest BCUT2D eigenvalue weighted by atomic mass is 35.5. The number of anilines is 2. The van der Waals surface area contributed by atoms with Gasteiger partial charge in [0.25, 0.3) is 0 Å². The molecule has 0 bridgehead atoms. The number of sulfone groups is 1. The third-order valence-corrected chi connectivity index (χ3v) is 13.5. The standard InChI is InChI=1S/C40H58N4O4S.2ClH/c45-39(29-43(33-13-5-1-6-14-33)34-15-7-2-8-16-34)41-31-21-25-37(26-22-31)49(47,48)38-27-23-32(24-28-38)42-40(46)30-44(35-17-9-3-10-18-35)36-19-11-4-12-20-36;;/h21-28,33-36H,1-20,29-30H2,(H,41,45)(H,42,46);2*1H. The largest absolute Gasteiger partial charge is 0.325 e. The predicted molar refractivity (Wildman–Crippen MR) is 211 cm³/mol. The van der Waals surface area contributed by atoms with Gasteiger partial charge in [-0.2, -0.15) is 0 Å². The molecule has 0 aromatic heterocycles. The zero-order valence-electron chi connectivity index (χ0n) is 30.2. The monoisotopic (exact) mass is 762 g/mol. The van der Waals surface area contributed by atoms with Crippen molar-refractivity contribution < 1.29 is 18.0 Å². The van der Waals surface area contributed by atoms with Crippen LogP contribution in [0.3, 0.4) is 0 Å². The van der Waals surface area contributed by atoms with E-state index in [4.69, 9.17) is 0 Å². The first-order chi connectivity index (χ1) is 23.9. The van der Waals surface area contributed by atoms with E-state index >= 15 is 0 Å².